The highest BCUT2D eigenvalue weighted by atomic mass is 16.5. The Balaban J connectivity index is 2.17. The Morgan fingerprint density at radius 1 is 1.37 bits per heavy atom. The Kier molecular flexibility index (Phi) is 4.32. The number of ether oxygens (including phenoxy) is 2. The average molecular weight is 265 g/mol. The fourth-order valence-corrected chi connectivity index (χ4v) is 2.95. The van der Waals surface area contributed by atoms with Crippen molar-refractivity contribution in [1.29, 1.82) is 0 Å². The van der Waals surface area contributed by atoms with Gasteiger partial charge in [-0.1, -0.05) is 6.07 Å². The Labute approximate surface area is 114 Å². The molecule has 0 aliphatic carbocycles. The molecule has 1 fully saturated rings. The first-order valence-electron chi connectivity index (χ1n) is 6.75. The van der Waals surface area contributed by atoms with Crippen LogP contribution in [0.1, 0.15) is 26.7 Å². The summed E-state index contributed by atoms with van der Waals surface area (Å²) in [5, 5.41) is 13.3. The first-order valence-corrected chi connectivity index (χ1v) is 6.75. The Morgan fingerprint density at radius 3 is 2.63 bits per heavy atom. The molecule has 2 rings (SSSR count). The van der Waals surface area contributed by atoms with Crippen molar-refractivity contribution >= 4 is 5.69 Å². The largest absolute Gasteiger partial charge is 0.497 e. The lowest BCUT2D eigenvalue weighted by atomic mass is 9.84. The molecule has 1 aliphatic rings. The van der Waals surface area contributed by atoms with Gasteiger partial charge in [0.2, 0.25) is 0 Å². The van der Waals surface area contributed by atoms with Crippen LogP contribution in [0.15, 0.2) is 24.3 Å². The van der Waals surface area contributed by atoms with Crippen LogP contribution >= 0.6 is 0 Å². The number of hydrogen-bond acceptors (Lipinski definition) is 4. The lowest BCUT2D eigenvalue weighted by Crippen LogP contribution is -2.51. The molecule has 0 spiro atoms. The molecule has 0 saturated carbocycles. The second-order valence-corrected chi connectivity index (χ2v) is 5.46. The van der Waals surface area contributed by atoms with E-state index < -0.39 is 0 Å². The van der Waals surface area contributed by atoms with Crippen molar-refractivity contribution in [1.82, 2.24) is 0 Å². The molecule has 106 valence electrons. The molecule has 1 saturated heterocycles. The summed E-state index contributed by atoms with van der Waals surface area (Å²) < 4.78 is 11.0. The molecule has 0 bridgehead atoms. The van der Waals surface area contributed by atoms with Gasteiger partial charge in [0, 0.05) is 11.8 Å². The van der Waals surface area contributed by atoms with E-state index in [1.165, 1.54) is 0 Å². The molecule has 1 heterocycles. The summed E-state index contributed by atoms with van der Waals surface area (Å²) in [5.74, 6) is 0.811. The van der Waals surface area contributed by atoms with Gasteiger partial charge in [0.25, 0.3) is 0 Å². The molecule has 2 N–H and O–H groups in total. The molecule has 2 atom stereocenters. The molecule has 2 unspecified atom stereocenters. The van der Waals surface area contributed by atoms with Gasteiger partial charge in [0.1, 0.15) is 5.75 Å². The minimum absolute atomic E-state index is 0.0995. The zero-order valence-electron chi connectivity index (χ0n) is 11.8. The minimum atomic E-state index is -0.316. The third-order valence-electron chi connectivity index (χ3n) is 3.60. The van der Waals surface area contributed by atoms with Gasteiger partial charge < -0.3 is 19.9 Å². The zero-order valence-corrected chi connectivity index (χ0v) is 11.8. The van der Waals surface area contributed by atoms with Crippen molar-refractivity contribution in [2.75, 3.05) is 19.0 Å². The lowest BCUT2D eigenvalue weighted by molar-refractivity contribution is -0.0653. The summed E-state index contributed by atoms with van der Waals surface area (Å²) in [6.45, 7) is 4.20. The number of anilines is 1. The van der Waals surface area contributed by atoms with Crippen LogP contribution in [-0.4, -0.2) is 36.6 Å². The molecule has 0 aromatic heterocycles. The van der Waals surface area contributed by atoms with Crippen LogP contribution in [0, 0.1) is 0 Å². The fourth-order valence-electron chi connectivity index (χ4n) is 2.95. The number of aliphatic hydroxyl groups is 1. The number of rotatable bonds is 4. The maximum Gasteiger partial charge on any atom is 0.120 e. The van der Waals surface area contributed by atoms with Gasteiger partial charge in [-0.15, -0.1) is 0 Å². The maximum atomic E-state index is 9.82. The molecule has 0 radical (unpaired) electrons. The molecule has 19 heavy (non-hydrogen) atoms. The van der Waals surface area contributed by atoms with Crippen molar-refractivity contribution in [3.63, 3.8) is 0 Å². The molecule has 1 aromatic carbocycles. The summed E-state index contributed by atoms with van der Waals surface area (Å²) in [4.78, 5) is 0. The van der Waals surface area contributed by atoms with E-state index in [9.17, 15) is 5.11 Å². The van der Waals surface area contributed by atoms with Gasteiger partial charge in [-0.25, -0.2) is 0 Å². The Hall–Kier alpha value is -1.26. The maximum absolute atomic E-state index is 9.82. The smallest absolute Gasteiger partial charge is 0.120 e. The van der Waals surface area contributed by atoms with Crippen molar-refractivity contribution < 1.29 is 14.6 Å². The summed E-state index contributed by atoms with van der Waals surface area (Å²) in [6, 6.07) is 7.79. The van der Waals surface area contributed by atoms with E-state index in [-0.39, 0.29) is 24.4 Å². The Morgan fingerprint density at radius 2 is 2.05 bits per heavy atom. The van der Waals surface area contributed by atoms with Crippen LogP contribution < -0.4 is 10.1 Å². The second kappa shape index (κ2) is 5.80. The van der Waals surface area contributed by atoms with Crippen molar-refractivity contribution in [3.8, 4) is 5.75 Å². The highest BCUT2D eigenvalue weighted by Crippen LogP contribution is 2.32. The van der Waals surface area contributed by atoms with Gasteiger partial charge in [0.05, 0.1) is 31.5 Å². The highest BCUT2D eigenvalue weighted by molar-refractivity contribution is 5.50. The molecule has 1 aliphatic heterocycles. The zero-order chi connectivity index (χ0) is 13.9. The van der Waals surface area contributed by atoms with E-state index in [0.717, 1.165) is 24.3 Å². The fraction of sp³-hybridized carbons (Fsp3) is 0.600. The molecule has 4 heteroatoms. The van der Waals surface area contributed by atoms with Crippen molar-refractivity contribution in [2.45, 2.75) is 44.4 Å². The van der Waals surface area contributed by atoms with Crippen LogP contribution in [0.2, 0.25) is 0 Å². The standard InChI is InChI=1S/C15H23NO3/c1-11-8-15(10-17,9-12(2)19-11)16-13-5-4-6-14(7-13)18-3/h4-7,11-12,16-17H,8-10H2,1-3H3. The predicted octanol–water partition coefficient (Wildman–Crippen LogP) is 2.43. The number of benzene rings is 1. The molecule has 1 aromatic rings. The predicted molar refractivity (Wildman–Crippen MR) is 75.7 cm³/mol. The topological polar surface area (TPSA) is 50.7 Å². The summed E-state index contributed by atoms with van der Waals surface area (Å²) in [5.41, 5.74) is 0.651. The van der Waals surface area contributed by atoms with Gasteiger partial charge in [-0.3, -0.25) is 0 Å². The summed E-state index contributed by atoms with van der Waals surface area (Å²) in [6.07, 6.45) is 1.89. The lowest BCUT2D eigenvalue weighted by Gasteiger charge is -2.43. The van der Waals surface area contributed by atoms with E-state index in [1.807, 2.05) is 38.1 Å². The number of nitrogens with one attached hydrogen (secondary N) is 1. The van der Waals surface area contributed by atoms with E-state index in [0.29, 0.717) is 0 Å². The molecular weight excluding hydrogens is 242 g/mol. The molecule has 0 amide bonds. The normalized spacial score (nSPS) is 30.9. The van der Waals surface area contributed by atoms with E-state index in [2.05, 4.69) is 5.32 Å². The molecular formula is C15H23NO3. The van der Waals surface area contributed by atoms with Gasteiger partial charge >= 0.3 is 0 Å². The van der Waals surface area contributed by atoms with Crippen LogP contribution in [0.25, 0.3) is 0 Å². The average Bonchev–Trinajstić information content (AvgIpc) is 2.37. The van der Waals surface area contributed by atoms with Crippen LogP contribution in [0.3, 0.4) is 0 Å². The minimum Gasteiger partial charge on any atom is -0.497 e. The van der Waals surface area contributed by atoms with Gasteiger partial charge in [-0.2, -0.15) is 0 Å². The van der Waals surface area contributed by atoms with Crippen LogP contribution in [0.5, 0.6) is 5.75 Å². The Bertz CT molecular complexity index is 412. The van der Waals surface area contributed by atoms with Crippen molar-refractivity contribution in [3.05, 3.63) is 24.3 Å². The highest BCUT2D eigenvalue weighted by Gasteiger charge is 2.38. The number of methoxy groups -OCH3 is 1. The third-order valence-corrected chi connectivity index (χ3v) is 3.60. The number of aliphatic hydroxyl groups excluding tert-OH is 1. The number of hydrogen-bond donors (Lipinski definition) is 2. The quantitative estimate of drug-likeness (QED) is 0.878. The van der Waals surface area contributed by atoms with Crippen LogP contribution in [0.4, 0.5) is 5.69 Å². The van der Waals surface area contributed by atoms with E-state index >= 15 is 0 Å². The van der Waals surface area contributed by atoms with Crippen LogP contribution in [-0.2, 0) is 4.74 Å². The van der Waals surface area contributed by atoms with E-state index in [4.69, 9.17) is 9.47 Å². The summed E-state index contributed by atoms with van der Waals surface area (Å²) in [7, 11) is 1.65. The van der Waals surface area contributed by atoms with Gasteiger partial charge in [0.15, 0.2) is 0 Å². The summed E-state index contributed by atoms with van der Waals surface area (Å²) >= 11 is 0. The first-order chi connectivity index (χ1) is 9.07. The first kappa shape index (κ1) is 14.2. The van der Waals surface area contributed by atoms with E-state index in [1.54, 1.807) is 7.11 Å². The SMILES string of the molecule is COc1cccc(NC2(CO)CC(C)OC(C)C2)c1. The molecule has 4 nitrogen and oxygen atoms in total. The van der Waals surface area contributed by atoms with Crippen molar-refractivity contribution in [2.24, 2.45) is 0 Å². The third kappa shape index (κ3) is 3.39. The monoisotopic (exact) mass is 265 g/mol. The second-order valence-electron chi connectivity index (χ2n) is 5.46. The van der Waals surface area contributed by atoms with Gasteiger partial charge in [-0.05, 0) is 38.8 Å².